The van der Waals surface area contributed by atoms with E-state index in [1.54, 1.807) is 0 Å². The van der Waals surface area contributed by atoms with E-state index in [2.05, 4.69) is 19.9 Å². The van der Waals surface area contributed by atoms with Gasteiger partial charge in [-0.15, -0.1) is 0 Å². The number of aliphatic hydroxyl groups excluding tert-OH is 3. The average molecular weight is 529 g/mol. The summed E-state index contributed by atoms with van der Waals surface area (Å²) in [6.45, 7) is 3.62. The van der Waals surface area contributed by atoms with Crippen molar-refractivity contribution >= 4 is 19.6 Å². The molecule has 1 saturated heterocycles. The summed E-state index contributed by atoms with van der Waals surface area (Å²) in [6, 6.07) is 0. The first-order valence-corrected chi connectivity index (χ1v) is 14.5. The van der Waals surface area contributed by atoms with Gasteiger partial charge < -0.3 is 24.9 Å². The number of ketones is 1. The molecule has 4 fully saturated rings. The summed E-state index contributed by atoms with van der Waals surface area (Å²) in [7, 11) is -4.82. The lowest BCUT2D eigenvalue weighted by Crippen LogP contribution is -2.51. The second-order valence-electron chi connectivity index (χ2n) is 11.8. The Hall–Kier alpha value is -1.13. The largest absolute Gasteiger partial charge is 0.473 e. The zero-order valence-corrected chi connectivity index (χ0v) is 21.6. The number of ether oxygens (including phenoxy) is 1. The van der Waals surface area contributed by atoms with E-state index < -0.39 is 50.6 Å². The van der Waals surface area contributed by atoms with Crippen molar-refractivity contribution in [3.05, 3.63) is 11.6 Å². The zero-order chi connectivity index (χ0) is 26.0. The number of Topliss-reactive ketones (excluding diaryl/α,β-unsaturated/α-hetero) is 1. The Morgan fingerprint density at radius 3 is 2.61 bits per heavy atom. The van der Waals surface area contributed by atoms with E-state index in [1.807, 2.05) is 0 Å². The Kier molecular flexibility index (Phi) is 6.81. The maximum atomic E-state index is 12.9. The van der Waals surface area contributed by atoms with E-state index in [9.17, 15) is 29.3 Å². The number of hydrogen-bond acceptors (Lipinski definition) is 9. The summed E-state index contributed by atoms with van der Waals surface area (Å²) in [6.07, 6.45) is 2.87. The highest BCUT2D eigenvalue weighted by atomic mass is 31.2. The lowest BCUT2D eigenvalue weighted by Gasteiger charge is -2.57. The molecule has 11 heteroatoms. The fraction of sp³-hybridized carbons (Fsp3) is 0.840. The third-order valence-electron chi connectivity index (χ3n) is 10.0. The monoisotopic (exact) mass is 528 g/mol. The summed E-state index contributed by atoms with van der Waals surface area (Å²) in [5.41, 5.74) is 1.11. The molecule has 0 radical (unpaired) electrons. The molecule has 0 spiro atoms. The minimum atomic E-state index is -4.82. The van der Waals surface area contributed by atoms with Crippen molar-refractivity contribution in [2.24, 2.45) is 28.6 Å². The van der Waals surface area contributed by atoms with Gasteiger partial charge in [0.15, 0.2) is 6.10 Å². The van der Waals surface area contributed by atoms with E-state index in [1.165, 1.54) is 5.57 Å². The van der Waals surface area contributed by atoms with Crippen molar-refractivity contribution in [2.75, 3.05) is 6.61 Å². The molecule has 1 heterocycles. The number of rotatable bonds is 6. The highest BCUT2D eigenvalue weighted by Crippen LogP contribution is 2.66. The molecule has 5 rings (SSSR count). The van der Waals surface area contributed by atoms with Gasteiger partial charge >= 0.3 is 13.8 Å². The number of carbonyl (C=O) groups is 2. The van der Waals surface area contributed by atoms with Gasteiger partial charge in [-0.25, -0.2) is 9.36 Å². The molecule has 1 aliphatic heterocycles. The predicted octanol–water partition coefficient (Wildman–Crippen LogP) is 2.03. The van der Waals surface area contributed by atoms with Crippen LogP contribution in [0.5, 0.6) is 0 Å². The van der Waals surface area contributed by atoms with Crippen LogP contribution in [0, 0.1) is 28.6 Å². The van der Waals surface area contributed by atoms with Gasteiger partial charge in [-0.1, -0.05) is 25.5 Å². The van der Waals surface area contributed by atoms with Crippen LogP contribution in [0.3, 0.4) is 0 Å². The molecule has 0 amide bonds. The fourth-order valence-electron chi connectivity index (χ4n) is 8.05. The molecule has 0 aromatic carbocycles. The van der Waals surface area contributed by atoms with Crippen LogP contribution in [0.1, 0.15) is 65.2 Å². The first kappa shape index (κ1) is 26.5. The van der Waals surface area contributed by atoms with Gasteiger partial charge in [0.05, 0.1) is 18.8 Å². The average Bonchev–Trinajstić information content (AvgIpc) is 3.29. The van der Waals surface area contributed by atoms with Gasteiger partial charge in [0.2, 0.25) is 11.9 Å². The zero-order valence-electron chi connectivity index (χ0n) is 20.7. The Morgan fingerprint density at radius 1 is 1.14 bits per heavy atom. The third-order valence-corrected chi connectivity index (χ3v) is 11.0. The van der Waals surface area contributed by atoms with Crippen molar-refractivity contribution in [1.29, 1.82) is 0 Å². The molecule has 0 aromatic rings. The van der Waals surface area contributed by atoms with Crippen LogP contribution >= 0.6 is 7.82 Å². The van der Waals surface area contributed by atoms with Crippen LogP contribution in [0.4, 0.5) is 0 Å². The highest BCUT2D eigenvalue weighted by molar-refractivity contribution is 7.47. The molecule has 5 aliphatic rings. The second-order valence-corrected chi connectivity index (χ2v) is 13.2. The van der Waals surface area contributed by atoms with Crippen LogP contribution < -0.4 is 0 Å². The van der Waals surface area contributed by atoms with Gasteiger partial charge in [0.25, 0.3) is 0 Å². The number of fused-ring (bicyclic) bond motifs is 5. The van der Waals surface area contributed by atoms with Crippen molar-refractivity contribution < 1.29 is 48.2 Å². The molecular formula is C25H37O10P. The van der Waals surface area contributed by atoms with Crippen LogP contribution in [-0.2, 0) is 27.9 Å². The van der Waals surface area contributed by atoms with E-state index in [-0.39, 0.29) is 16.9 Å². The number of esters is 1. The molecule has 4 N–H and O–H groups in total. The number of aliphatic hydroxyl groups is 3. The maximum absolute atomic E-state index is 12.9. The summed E-state index contributed by atoms with van der Waals surface area (Å²) >= 11 is 0. The lowest BCUT2D eigenvalue weighted by molar-refractivity contribution is -0.151. The molecule has 3 saturated carbocycles. The van der Waals surface area contributed by atoms with Crippen molar-refractivity contribution in [1.82, 2.24) is 0 Å². The van der Waals surface area contributed by atoms with Crippen LogP contribution in [0.15, 0.2) is 11.6 Å². The Bertz CT molecular complexity index is 997. The minimum absolute atomic E-state index is 0.0800. The Labute approximate surface area is 210 Å². The van der Waals surface area contributed by atoms with Gasteiger partial charge in [-0.3, -0.25) is 13.8 Å². The van der Waals surface area contributed by atoms with E-state index in [0.717, 1.165) is 44.9 Å². The number of hydrogen-bond donors (Lipinski definition) is 4. The SMILES string of the molecule is C[C@]12CC[C@H](O)CC1=CCC1C2CC[C@@]2(C)C1CC[C@@H]2OP(=O)(O)OC1C(=O)OC(C(O)CO)C1=O. The number of phosphoric acid groups is 1. The molecule has 36 heavy (non-hydrogen) atoms. The number of phosphoric ester groups is 1. The summed E-state index contributed by atoms with van der Waals surface area (Å²) in [5, 5.41) is 28.9. The molecule has 10 nitrogen and oxygen atoms in total. The third kappa shape index (κ3) is 4.23. The van der Waals surface area contributed by atoms with Crippen LogP contribution in [-0.4, -0.2) is 69.1 Å². The quantitative estimate of drug-likeness (QED) is 0.174. The smallest absolute Gasteiger partial charge is 0.449 e. The molecule has 0 bridgehead atoms. The van der Waals surface area contributed by atoms with Gasteiger partial charge in [-0.2, -0.15) is 0 Å². The molecular weight excluding hydrogens is 491 g/mol. The maximum Gasteiger partial charge on any atom is 0.473 e. The molecule has 7 unspecified atom stereocenters. The lowest BCUT2D eigenvalue weighted by atomic mass is 9.48. The van der Waals surface area contributed by atoms with Gasteiger partial charge in [-0.05, 0) is 80.0 Å². The van der Waals surface area contributed by atoms with Crippen molar-refractivity contribution in [2.45, 2.75) is 95.7 Å². The molecule has 0 aromatic heterocycles. The summed E-state index contributed by atoms with van der Waals surface area (Å²) in [4.78, 5) is 35.0. The molecule has 202 valence electrons. The van der Waals surface area contributed by atoms with E-state index >= 15 is 0 Å². The Balaban J connectivity index is 1.29. The summed E-state index contributed by atoms with van der Waals surface area (Å²) in [5.74, 6) is -0.995. The number of cyclic esters (lactones) is 1. The summed E-state index contributed by atoms with van der Waals surface area (Å²) < 4.78 is 28.3. The minimum Gasteiger partial charge on any atom is -0.449 e. The van der Waals surface area contributed by atoms with Gasteiger partial charge in [0.1, 0.15) is 6.10 Å². The van der Waals surface area contributed by atoms with Crippen molar-refractivity contribution in [3.8, 4) is 0 Å². The van der Waals surface area contributed by atoms with Crippen molar-refractivity contribution in [3.63, 3.8) is 0 Å². The topological polar surface area (TPSA) is 160 Å². The predicted molar refractivity (Wildman–Crippen MR) is 125 cm³/mol. The molecule has 11 atom stereocenters. The molecule has 4 aliphatic carbocycles. The normalized spacial score (nSPS) is 46.7. The number of allylic oxidation sites excluding steroid dienone is 1. The highest BCUT2D eigenvalue weighted by Gasteiger charge is 2.60. The van der Waals surface area contributed by atoms with E-state index in [4.69, 9.17) is 18.9 Å². The first-order valence-electron chi connectivity index (χ1n) is 13.0. The van der Waals surface area contributed by atoms with E-state index in [0.29, 0.717) is 24.2 Å². The first-order chi connectivity index (χ1) is 16.9. The second kappa shape index (κ2) is 9.26. The standard InChI is InChI=1S/C25H37O10P/c1-24-9-7-14(27)11-13(24)3-4-15-16-5-6-19(25(16,2)10-8-17(15)24)34-36(31,32)35-22-20(29)21(18(28)12-26)33-23(22)30/h3,14-19,21-22,26-28H,4-12H2,1-2H3,(H,31,32)/t14-,15?,16?,17?,18?,19-,21?,22?,24-,25-/m0/s1. The van der Waals surface area contributed by atoms with Gasteiger partial charge in [0, 0.05) is 0 Å². The fourth-order valence-corrected chi connectivity index (χ4v) is 9.23. The van der Waals surface area contributed by atoms with Crippen LogP contribution in [0.2, 0.25) is 0 Å². The Morgan fingerprint density at radius 2 is 1.89 bits per heavy atom. The van der Waals surface area contributed by atoms with Crippen LogP contribution in [0.25, 0.3) is 0 Å². The number of carbonyl (C=O) groups excluding carboxylic acids is 2.